The van der Waals surface area contributed by atoms with Crippen molar-refractivity contribution in [3.63, 3.8) is 0 Å². The second-order valence-electron chi connectivity index (χ2n) is 8.92. The van der Waals surface area contributed by atoms with Gasteiger partial charge in [0, 0.05) is 11.1 Å². The van der Waals surface area contributed by atoms with Gasteiger partial charge in [-0.15, -0.1) is 0 Å². The summed E-state index contributed by atoms with van der Waals surface area (Å²) >= 11 is 0. The predicted octanol–water partition coefficient (Wildman–Crippen LogP) is 8.84. The minimum Gasteiger partial charge on any atom is -0.289 e. The molecule has 180 valence electrons. The number of unbranched alkanes of at least 4 members (excludes halogenated alkanes) is 6. The monoisotopic (exact) mass is 456 g/mol. The average Bonchev–Trinajstić information content (AvgIpc) is 2.87. The van der Waals surface area contributed by atoms with E-state index in [4.69, 9.17) is 0 Å². The van der Waals surface area contributed by atoms with Crippen LogP contribution in [0.4, 0.5) is 0 Å². The van der Waals surface area contributed by atoms with Crippen LogP contribution in [0.2, 0.25) is 0 Å². The van der Waals surface area contributed by atoms with Crippen LogP contribution in [0.5, 0.6) is 0 Å². The first-order valence-electron chi connectivity index (χ1n) is 12.8. The van der Waals surface area contributed by atoms with E-state index in [2.05, 4.69) is 39.2 Å². The second kappa shape index (κ2) is 15.0. The minimum absolute atomic E-state index is 0.0397. The van der Waals surface area contributed by atoms with Crippen LogP contribution in [-0.2, 0) is 12.8 Å². The molecule has 0 unspecified atom stereocenters. The lowest BCUT2D eigenvalue weighted by atomic mass is 9.94. The molecular weight excluding hydrogens is 416 g/mol. The quantitative estimate of drug-likeness (QED) is 0.109. The van der Waals surface area contributed by atoms with Gasteiger partial charge in [-0.3, -0.25) is 9.59 Å². The molecule has 0 aromatic heterocycles. The maximum absolute atomic E-state index is 12.2. The summed E-state index contributed by atoms with van der Waals surface area (Å²) in [5, 5.41) is 0. The van der Waals surface area contributed by atoms with E-state index in [9.17, 15) is 9.59 Å². The molecule has 34 heavy (non-hydrogen) atoms. The molecule has 0 amide bonds. The van der Waals surface area contributed by atoms with E-state index in [1.54, 1.807) is 0 Å². The molecule has 2 aromatic rings. The van der Waals surface area contributed by atoms with Gasteiger partial charge in [0.2, 0.25) is 0 Å². The molecule has 0 radical (unpaired) electrons. The van der Waals surface area contributed by atoms with Gasteiger partial charge in [0.25, 0.3) is 0 Å². The van der Waals surface area contributed by atoms with Crippen molar-refractivity contribution in [1.29, 1.82) is 0 Å². The Labute approximate surface area is 206 Å². The van der Waals surface area contributed by atoms with Crippen molar-refractivity contribution in [2.75, 3.05) is 0 Å². The molecule has 2 nitrogen and oxygen atoms in total. The fraction of sp³-hybridized carbons (Fsp3) is 0.375. The SMILES string of the molecule is C=CC(=O)c1ccc(/C=C/c2ccc(C(=O)C=C)cc2CCCCCC)c(CCCCCC)c1. The first-order chi connectivity index (χ1) is 16.5. The van der Waals surface area contributed by atoms with Gasteiger partial charge < -0.3 is 0 Å². The van der Waals surface area contributed by atoms with Crippen molar-refractivity contribution >= 4 is 23.7 Å². The van der Waals surface area contributed by atoms with Crippen LogP contribution < -0.4 is 0 Å². The lowest BCUT2D eigenvalue weighted by Crippen LogP contribution is -1.99. The number of allylic oxidation sites excluding steroid dienone is 2. The largest absolute Gasteiger partial charge is 0.289 e. The van der Waals surface area contributed by atoms with Crippen molar-refractivity contribution in [1.82, 2.24) is 0 Å². The molecule has 0 saturated carbocycles. The van der Waals surface area contributed by atoms with Crippen molar-refractivity contribution in [2.45, 2.75) is 78.1 Å². The third-order valence-corrected chi connectivity index (χ3v) is 6.27. The molecule has 0 spiro atoms. The zero-order valence-electron chi connectivity index (χ0n) is 21.1. The summed E-state index contributed by atoms with van der Waals surface area (Å²) in [6, 6.07) is 11.9. The van der Waals surface area contributed by atoms with Crippen LogP contribution in [0, 0.1) is 0 Å². The van der Waals surface area contributed by atoms with E-state index in [0.717, 1.165) is 36.8 Å². The first kappa shape index (κ1) is 27.2. The number of carbonyl (C=O) groups excluding carboxylic acids is 2. The van der Waals surface area contributed by atoms with Crippen LogP contribution in [-0.4, -0.2) is 11.6 Å². The van der Waals surface area contributed by atoms with Gasteiger partial charge in [-0.05, 0) is 72.2 Å². The smallest absolute Gasteiger partial charge is 0.185 e. The zero-order chi connectivity index (χ0) is 24.8. The Morgan fingerprint density at radius 2 is 1.06 bits per heavy atom. The van der Waals surface area contributed by atoms with Gasteiger partial charge >= 0.3 is 0 Å². The Morgan fingerprint density at radius 3 is 1.41 bits per heavy atom. The van der Waals surface area contributed by atoms with E-state index in [1.165, 1.54) is 61.8 Å². The highest BCUT2D eigenvalue weighted by molar-refractivity contribution is 6.05. The maximum Gasteiger partial charge on any atom is 0.185 e. The number of hydrogen-bond acceptors (Lipinski definition) is 2. The molecule has 2 rings (SSSR count). The van der Waals surface area contributed by atoms with Gasteiger partial charge in [0.05, 0.1) is 0 Å². The van der Waals surface area contributed by atoms with Crippen LogP contribution in [0.15, 0.2) is 61.7 Å². The van der Waals surface area contributed by atoms with Crippen molar-refractivity contribution in [3.8, 4) is 0 Å². The number of benzene rings is 2. The van der Waals surface area contributed by atoms with Crippen molar-refractivity contribution < 1.29 is 9.59 Å². The number of aryl methyl sites for hydroxylation is 2. The summed E-state index contributed by atoms with van der Waals surface area (Å²) in [6.07, 6.45) is 18.4. The molecule has 0 N–H and O–H groups in total. The van der Waals surface area contributed by atoms with Gasteiger partial charge in [-0.2, -0.15) is 0 Å². The molecular formula is C32H40O2. The van der Waals surface area contributed by atoms with E-state index in [1.807, 2.05) is 36.4 Å². The van der Waals surface area contributed by atoms with Crippen LogP contribution >= 0.6 is 0 Å². The normalized spacial score (nSPS) is 11.0. The molecule has 0 saturated heterocycles. The Balaban J connectivity index is 2.34. The first-order valence-corrected chi connectivity index (χ1v) is 12.8. The van der Waals surface area contributed by atoms with E-state index in [-0.39, 0.29) is 11.6 Å². The topological polar surface area (TPSA) is 34.1 Å². The number of hydrogen-bond donors (Lipinski definition) is 0. The highest BCUT2D eigenvalue weighted by Gasteiger charge is 2.09. The van der Waals surface area contributed by atoms with Gasteiger partial charge in [-0.1, -0.05) is 102 Å². The molecule has 2 aromatic carbocycles. The van der Waals surface area contributed by atoms with Crippen LogP contribution in [0.3, 0.4) is 0 Å². The molecule has 0 heterocycles. The third kappa shape index (κ3) is 8.41. The van der Waals surface area contributed by atoms with Gasteiger partial charge in [0.1, 0.15) is 0 Å². The summed E-state index contributed by atoms with van der Waals surface area (Å²) < 4.78 is 0. The Hall–Kier alpha value is -3.00. The average molecular weight is 457 g/mol. The van der Waals surface area contributed by atoms with Gasteiger partial charge in [-0.25, -0.2) is 0 Å². The summed E-state index contributed by atoms with van der Waals surface area (Å²) in [7, 11) is 0. The summed E-state index contributed by atoms with van der Waals surface area (Å²) in [5.74, 6) is -0.0793. The number of rotatable bonds is 16. The highest BCUT2D eigenvalue weighted by atomic mass is 16.1. The highest BCUT2D eigenvalue weighted by Crippen LogP contribution is 2.22. The molecule has 2 heteroatoms. The Kier molecular flexibility index (Phi) is 12.0. The van der Waals surface area contributed by atoms with E-state index in [0.29, 0.717) is 11.1 Å². The van der Waals surface area contributed by atoms with Crippen molar-refractivity contribution in [3.05, 3.63) is 95.1 Å². The molecule has 0 aliphatic heterocycles. The third-order valence-electron chi connectivity index (χ3n) is 6.27. The number of carbonyl (C=O) groups is 2. The number of ketones is 2. The van der Waals surface area contributed by atoms with E-state index < -0.39 is 0 Å². The molecule has 0 aliphatic carbocycles. The van der Waals surface area contributed by atoms with Crippen LogP contribution in [0.1, 0.15) is 108 Å². The lowest BCUT2D eigenvalue weighted by Gasteiger charge is -2.11. The summed E-state index contributed by atoms with van der Waals surface area (Å²) in [4.78, 5) is 24.3. The fourth-order valence-electron chi connectivity index (χ4n) is 4.18. The minimum atomic E-state index is -0.0397. The van der Waals surface area contributed by atoms with E-state index >= 15 is 0 Å². The van der Waals surface area contributed by atoms with Crippen LogP contribution in [0.25, 0.3) is 12.2 Å². The lowest BCUT2D eigenvalue weighted by molar-refractivity contribution is 0.103. The molecule has 0 atom stereocenters. The predicted molar refractivity (Wildman–Crippen MR) is 147 cm³/mol. The van der Waals surface area contributed by atoms with Crippen molar-refractivity contribution in [2.24, 2.45) is 0 Å². The Morgan fingerprint density at radius 1 is 0.647 bits per heavy atom. The molecule has 0 fully saturated rings. The fourth-order valence-corrected chi connectivity index (χ4v) is 4.18. The molecule has 0 bridgehead atoms. The zero-order valence-corrected chi connectivity index (χ0v) is 21.1. The molecule has 0 aliphatic rings. The standard InChI is InChI=1S/C32H40O2/c1-5-9-11-13-15-27-23-29(31(33)7-3)21-19-25(27)17-18-26-20-22-30(32(34)8-4)24-28(26)16-14-12-10-6-2/h7-8,17-24H,3-6,9-16H2,1-2H3/b18-17+. The van der Waals surface area contributed by atoms with Gasteiger partial charge in [0.15, 0.2) is 11.6 Å². The summed E-state index contributed by atoms with van der Waals surface area (Å²) in [6.45, 7) is 11.7. The maximum atomic E-state index is 12.2. The summed E-state index contributed by atoms with van der Waals surface area (Å²) in [5.41, 5.74) is 6.06. The second-order valence-corrected chi connectivity index (χ2v) is 8.92. The Bertz CT molecular complexity index is 928.